The highest BCUT2D eigenvalue weighted by molar-refractivity contribution is 4.84. The van der Waals surface area contributed by atoms with Gasteiger partial charge in [0.25, 0.3) is 0 Å². The molecule has 2 aliphatic rings. The summed E-state index contributed by atoms with van der Waals surface area (Å²) in [6.07, 6.45) is 5.67. The van der Waals surface area contributed by atoms with Crippen LogP contribution >= 0.6 is 0 Å². The first kappa shape index (κ1) is 12.3. The van der Waals surface area contributed by atoms with Crippen molar-refractivity contribution in [2.45, 2.75) is 38.7 Å². The molecule has 2 aliphatic heterocycles. The van der Waals surface area contributed by atoms with Gasteiger partial charge in [-0.2, -0.15) is 0 Å². The molecular weight excluding hydrogens is 200 g/mol. The van der Waals surface area contributed by atoms with Crippen LogP contribution in [0.5, 0.6) is 0 Å². The molecule has 0 radical (unpaired) electrons. The van der Waals surface area contributed by atoms with Crippen LogP contribution < -0.4 is 5.32 Å². The summed E-state index contributed by atoms with van der Waals surface area (Å²) in [7, 11) is 2.24. The minimum atomic E-state index is 0.464. The Morgan fingerprint density at radius 3 is 2.94 bits per heavy atom. The van der Waals surface area contributed by atoms with E-state index in [-0.39, 0.29) is 0 Å². The van der Waals surface area contributed by atoms with Crippen LogP contribution in [0.3, 0.4) is 0 Å². The molecule has 3 heteroatoms. The minimum Gasteiger partial charge on any atom is -0.377 e. The summed E-state index contributed by atoms with van der Waals surface area (Å²) in [6, 6.07) is 0. The average molecular weight is 226 g/mol. The van der Waals surface area contributed by atoms with Crippen LogP contribution in [-0.2, 0) is 4.74 Å². The third-order valence-electron chi connectivity index (χ3n) is 3.88. The summed E-state index contributed by atoms with van der Waals surface area (Å²) in [5.41, 5.74) is 0.464. The molecule has 94 valence electrons. The minimum absolute atomic E-state index is 0.464. The van der Waals surface area contributed by atoms with E-state index >= 15 is 0 Å². The van der Waals surface area contributed by atoms with Crippen molar-refractivity contribution in [3.63, 3.8) is 0 Å². The van der Waals surface area contributed by atoms with Crippen molar-refractivity contribution >= 4 is 0 Å². The van der Waals surface area contributed by atoms with Gasteiger partial charge in [-0.3, -0.25) is 0 Å². The summed E-state index contributed by atoms with van der Waals surface area (Å²) in [4.78, 5) is 2.46. The highest BCUT2D eigenvalue weighted by Crippen LogP contribution is 2.26. The number of hydrogen-bond donors (Lipinski definition) is 1. The van der Waals surface area contributed by atoms with Gasteiger partial charge in [-0.05, 0) is 44.7 Å². The van der Waals surface area contributed by atoms with Crippen molar-refractivity contribution in [1.29, 1.82) is 0 Å². The van der Waals surface area contributed by atoms with E-state index in [9.17, 15) is 0 Å². The Labute approximate surface area is 99.5 Å². The van der Waals surface area contributed by atoms with E-state index in [1.54, 1.807) is 0 Å². The SMILES string of the molecule is CN(CC1CCCO1)CC1(C)CCCNC1. The third kappa shape index (κ3) is 3.44. The van der Waals surface area contributed by atoms with Gasteiger partial charge >= 0.3 is 0 Å². The predicted molar refractivity (Wildman–Crippen MR) is 66.7 cm³/mol. The van der Waals surface area contributed by atoms with Crippen LogP contribution in [0.1, 0.15) is 32.6 Å². The molecule has 2 fully saturated rings. The number of hydrogen-bond acceptors (Lipinski definition) is 3. The molecule has 1 N–H and O–H groups in total. The number of nitrogens with zero attached hydrogens (tertiary/aromatic N) is 1. The Bertz CT molecular complexity index is 208. The fraction of sp³-hybridized carbons (Fsp3) is 1.00. The maximum Gasteiger partial charge on any atom is 0.0702 e. The Morgan fingerprint density at radius 1 is 1.44 bits per heavy atom. The Morgan fingerprint density at radius 2 is 2.31 bits per heavy atom. The topological polar surface area (TPSA) is 24.5 Å². The zero-order valence-corrected chi connectivity index (χ0v) is 10.8. The predicted octanol–water partition coefficient (Wildman–Crippen LogP) is 1.49. The van der Waals surface area contributed by atoms with Crippen LogP contribution in [0, 0.1) is 5.41 Å². The molecule has 2 saturated heterocycles. The maximum atomic E-state index is 5.69. The van der Waals surface area contributed by atoms with Crippen molar-refractivity contribution in [2.75, 3.05) is 39.8 Å². The van der Waals surface area contributed by atoms with Gasteiger partial charge in [0.2, 0.25) is 0 Å². The molecule has 2 atom stereocenters. The lowest BCUT2D eigenvalue weighted by molar-refractivity contribution is 0.0624. The lowest BCUT2D eigenvalue weighted by atomic mass is 9.82. The molecule has 0 aromatic carbocycles. The van der Waals surface area contributed by atoms with Crippen molar-refractivity contribution < 1.29 is 4.74 Å². The molecule has 0 bridgehead atoms. The standard InChI is InChI=1S/C13H26N2O/c1-13(6-4-7-14-10-13)11-15(2)9-12-5-3-8-16-12/h12,14H,3-11H2,1-2H3. The number of nitrogens with one attached hydrogen (secondary N) is 1. The van der Waals surface area contributed by atoms with Crippen molar-refractivity contribution in [3.05, 3.63) is 0 Å². The highest BCUT2D eigenvalue weighted by Gasteiger charge is 2.29. The van der Waals surface area contributed by atoms with E-state index < -0.39 is 0 Å². The Balaban J connectivity index is 1.74. The van der Waals surface area contributed by atoms with Gasteiger partial charge in [0, 0.05) is 26.2 Å². The molecule has 3 nitrogen and oxygen atoms in total. The molecule has 0 aromatic rings. The molecule has 0 amide bonds. The van der Waals surface area contributed by atoms with Crippen molar-refractivity contribution in [1.82, 2.24) is 10.2 Å². The molecule has 16 heavy (non-hydrogen) atoms. The zero-order chi connectivity index (χ0) is 11.4. The van der Waals surface area contributed by atoms with Crippen LogP contribution in [0.4, 0.5) is 0 Å². The summed E-state index contributed by atoms with van der Waals surface area (Å²) < 4.78 is 5.69. The van der Waals surface area contributed by atoms with E-state index in [2.05, 4.69) is 24.2 Å². The first-order chi connectivity index (χ1) is 7.68. The monoisotopic (exact) mass is 226 g/mol. The normalized spacial score (nSPS) is 35.8. The molecule has 2 unspecified atom stereocenters. The summed E-state index contributed by atoms with van der Waals surface area (Å²) >= 11 is 0. The second-order valence-corrected chi connectivity index (χ2v) is 5.92. The fourth-order valence-electron chi connectivity index (χ4n) is 3.11. The Hall–Kier alpha value is -0.120. The zero-order valence-electron chi connectivity index (χ0n) is 10.8. The van der Waals surface area contributed by atoms with Gasteiger partial charge in [-0.25, -0.2) is 0 Å². The Kier molecular flexibility index (Phi) is 4.22. The van der Waals surface area contributed by atoms with Crippen LogP contribution in [0.15, 0.2) is 0 Å². The maximum absolute atomic E-state index is 5.69. The van der Waals surface area contributed by atoms with Gasteiger partial charge in [-0.15, -0.1) is 0 Å². The molecule has 2 heterocycles. The van der Waals surface area contributed by atoms with Crippen molar-refractivity contribution in [2.24, 2.45) is 5.41 Å². The summed E-state index contributed by atoms with van der Waals surface area (Å²) in [5.74, 6) is 0. The second-order valence-electron chi connectivity index (χ2n) is 5.92. The molecular formula is C13H26N2O. The van der Waals surface area contributed by atoms with E-state index in [1.165, 1.54) is 45.3 Å². The van der Waals surface area contributed by atoms with Gasteiger partial charge in [0.1, 0.15) is 0 Å². The number of rotatable bonds is 4. The van der Waals surface area contributed by atoms with Crippen LogP contribution in [0.25, 0.3) is 0 Å². The quantitative estimate of drug-likeness (QED) is 0.786. The second kappa shape index (κ2) is 5.48. The average Bonchev–Trinajstić information content (AvgIpc) is 2.70. The molecule has 2 rings (SSSR count). The lowest BCUT2D eigenvalue weighted by Gasteiger charge is -2.38. The highest BCUT2D eigenvalue weighted by atomic mass is 16.5. The molecule has 0 aromatic heterocycles. The van der Waals surface area contributed by atoms with E-state index in [0.717, 1.165) is 13.2 Å². The third-order valence-corrected chi connectivity index (χ3v) is 3.88. The van der Waals surface area contributed by atoms with Crippen molar-refractivity contribution in [3.8, 4) is 0 Å². The lowest BCUT2D eigenvalue weighted by Crippen LogP contribution is -2.46. The number of piperidine rings is 1. The van der Waals surface area contributed by atoms with Gasteiger partial charge in [0.05, 0.1) is 6.10 Å². The van der Waals surface area contributed by atoms with E-state index in [4.69, 9.17) is 4.74 Å². The van der Waals surface area contributed by atoms with Gasteiger partial charge in [-0.1, -0.05) is 6.92 Å². The number of likely N-dealkylation sites (N-methyl/N-ethyl adjacent to an activating group) is 1. The summed E-state index contributed by atoms with van der Waals surface area (Å²) in [6.45, 7) is 8.05. The fourth-order valence-corrected chi connectivity index (χ4v) is 3.11. The largest absolute Gasteiger partial charge is 0.377 e. The van der Waals surface area contributed by atoms with Crippen LogP contribution in [-0.4, -0.2) is 50.8 Å². The molecule has 0 spiro atoms. The summed E-state index contributed by atoms with van der Waals surface area (Å²) in [5, 5.41) is 3.52. The van der Waals surface area contributed by atoms with Gasteiger partial charge in [0.15, 0.2) is 0 Å². The molecule has 0 aliphatic carbocycles. The first-order valence-corrected chi connectivity index (χ1v) is 6.69. The van der Waals surface area contributed by atoms with Gasteiger partial charge < -0.3 is 15.0 Å². The van der Waals surface area contributed by atoms with E-state index in [1.807, 2.05) is 0 Å². The van der Waals surface area contributed by atoms with E-state index in [0.29, 0.717) is 11.5 Å². The van der Waals surface area contributed by atoms with Crippen LogP contribution in [0.2, 0.25) is 0 Å². The smallest absolute Gasteiger partial charge is 0.0702 e. The first-order valence-electron chi connectivity index (χ1n) is 6.69. The number of ether oxygens (including phenoxy) is 1. The molecule has 0 saturated carbocycles.